The molecule has 0 radical (unpaired) electrons. The van der Waals surface area contributed by atoms with E-state index in [1.54, 1.807) is 6.07 Å². The minimum Gasteiger partial charge on any atom is -0.493 e. The topological polar surface area (TPSA) is 62.1 Å². The van der Waals surface area contributed by atoms with Gasteiger partial charge in [-0.1, -0.05) is 54.2 Å². The van der Waals surface area contributed by atoms with E-state index in [9.17, 15) is 10.1 Å². The Morgan fingerprint density at radius 2 is 1.71 bits per heavy atom. The van der Waals surface area contributed by atoms with Crippen molar-refractivity contribution in [1.29, 1.82) is 5.26 Å². The molecular weight excluding hydrogens is 368 g/mol. The van der Waals surface area contributed by atoms with E-state index in [0.717, 1.165) is 27.5 Å². The Balaban J connectivity index is 1.59. The summed E-state index contributed by atoms with van der Waals surface area (Å²) in [4.78, 5) is 14.7. The molecule has 4 rings (SSSR count). The van der Waals surface area contributed by atoms with Gasteiger partial charge in [0.05, 0.1) is 23.8 Å². The monoisotopic (exact) mass is 386 g/mol. The molecule has 3 aromatic rings. The van der Waals surface area contributed by atoms with Gasteiger partial charge in [-0.05, 0) is 30.3 Å². The lowest BCUT2D eigenvalue weighted by Gasteiger charge is -2.27. The lowest BCUT2D eigenvalue weighted by atomic mass is 10.00. The Hall–Kier alpha value is -3.23. The summed E-state index contributed by atoms with van der Waals surface area (Å²) in [6.45, 7) is 0.577. The van der Waals surface area contributed by atoms with Crippen molar-refractivity contribution in [3.05, 3.63) is 89.5 Å². The van der Waals surface area contributed by atoms with Crippen LogP contribution in [0.25, 0.3) is 0 Å². The molecule has 0 spiro atoms. The zero-order valence-corrected chi connectivity index (χ0v) is 15.9. The third kappa shape index (κ3) is 3.73. The SMILES string of the molecule is N#Cc1ccccc1Sc1ccccc1C(=O)NC1CCOc2ccccc21. The van der Waals surface area contributed by atoms with Crippen LogP contribution >= 0.6 is 11.8 Å². The summed E-state index contributed by atoms with van der Waals surface area (Å²) in [5.41, 5.74) is 2.20. The van der Waals surface area contributed by atoms with Gasteiger partial charge < -0.3 is 10.1 Å². The Morgan fingerprint density at radius 1 is 1.00 bits per heavy atom. The summed E-state index contributed by atoms with van der Waals surface area (Å²) in [5.74, 6) is 0.698. The van der Waals surface area contributed by atoms with Crippen molar-refractivity contribution in [2.45, 2.75) is 22.3 Å². The minimum absolute atomic E-state index is 0.0816. The molecule has 5 heteroatoms. The van der Waals surface area contributed by atoms with Gasteiger partial charge >= 0.3 is 0 Å². The number of ether oxygens (including phenoxy) is 1. The van der Waals surface area contributed by atoms with Crippen LogP contribution in [-0.4, -0.2) is 12.5 Å². The average molecular weight is 386 g/mol. The first-order chi connectivity index (χ1) is 13.8. The van der Waals surface area contributed by atoms with Gasteiger partial charge in [0.15, 0.2) is 0 Å². The van der Waals surface area contributed by atoms with Crippen molar-refractivity contribution in [3.8, 4) is 11.8 Å². The molecule has 1 aliphatic heterocycles. The number of rotatable bonds is 4. The standard InChI is InChI=1S/C23H18N2O2S/c24-15-16-7-1-5-11-21(16)28-22-12-6-3-9-18(22)23(26)25-19-13-14-27-20-10-4-2-8-17(19)20/h1-12,19H,13-14H2,(H,25,26). The maximum atomic E-state index is 13.1. The number of nitrogens with zero attached hydrogens (tertiary/aromatic N) is 1. The summed E-state index contributed by atoms with van der Waals surface area (Å²) < 4.78 is 5.68. The fraction of sp³-hybridized carbons (Fsp3) is 0.130. The van der Waals surface area contributed by atoms with Crippen LogP contribution < -0.4 is 10.1 Å². The summed E-state index contributed by atoms with van der Waals surface area (Å²) >= 11 is 1.43. The molecule has 1 atom stereocenters. The molecule has 1 N–H and O–H groups in total. The number of amides is 1. The molecule has 0 fully saturated rings. The zero-order chi connectivity index (χ0) is 19.3. The second kappa shape index (κ2) is 8.20. The number of para-hydroxylation sites is 1. The quantitative estimate of drug-likeness (QED) is 0.688. The lowest BCUT2D eigenvalue weighted by Crippen LogP contribution is -2.32. The average Bonchev–Trinajstić information content (AvgIpc) is 2.75. The molecule has 0 aromatic heterocycles. The van der Waals surface area contributed by atoms with E-state index in [0.29, 0.717) is 17.7 Å². The Morgan fingerprint density at radius 3 is 2.57 bits per heavy atom. The third-order valence-electron chi connectivity index (χ3n) is 4.62. The first-order valence-corrected chi connectivity index (χ1v) is 9.86. The molecule has 28 heavy (non-hydrogen) atoms. The molecule has 1 unspecified atom stereocenters. The van der Waals surface area contributed by atoms with E-state index in [2.05, 4.69) is 11.4 Å². The zero-order valence-electron chi connectivity index (χ0n) is 15.1. The summed E-state index contributed by atoms with van der Waals surface area (Å²) in [6, 6.07) is 24.8. The molecule has 3 aromatic carbocycles. The lowest BCUT2D eigenvalue weighted by molar-refractivity contribution is 0.0922. The van der Waals surface area contributed by atoms with Crippen LogP contribution in [0.3, 0.4) is 0 Å². The normalized spacial score (nSPS) is 15.0. The van der Waals surface area contributed by atoms with Crippen LogP contribution in [0.1, 0.15) is 33.9 Å². The number of nitriles is 1. The molecule has 1 aliphatic rings. The van der Waals surface area contributed by atoms with Gasteiger partial charge in [0.25, 0.3) is 5.91 Å². The molecule has 0 bridgehead atoms. The van der Waals surface area contributed by atoms with Crippen LogP contribution in [0.5, 0.6) is 5.75 Å². The van der Waals surface area contributed by atoms with Crippen molar-refractivity contribution < 1.29 is 9.53 Å². The highest BCUT2D eigenvalue weighted by Crippen LogP contribution is 2.34. The van der Waals surface area contributed by atoms with Crippen molar-refractivity contribution >= 4 is 17.7 Å². The predicted octanol–water partition coefficient (Wildman–Crippen LogP) is 4.96. The molecule has 0 saturated heterocycles. The van der Waals surface area contributed by atoms with E-state index in [1.165, 1.54) is 11.8 Å². The second-order valence-electron chi connectivity index (χ2n) is 6.41. The van der Waals surface area contributed by atoms with Gasteiger partial charge in [0, 0.05) is 21.8 Å². The van der Waals surface area contributed by atoms with Crippen LogP contribution in [0.4, 0.5) is 0 Å². The Kier molecular flexibility index (Phi) is 5.31. The van der Waals surface area contributed by atoms with Crippen molar-refractivity contribution in [2.75, 3.05) is 6.61 Å². The predicted molar refractivity (Wildman–Crippen MR) is 108 cm³/mol. The maximum Gasteiger partial charge on any atom is 0.252 e. The molecule has 0 saturated carbocycles. The highest BCUT2D eigenvalue weighted by molar-refractivity contribution is 7.99. The van der Waals surface area contributed by atoms with Gasteiger partial charge in [0.2, 0.25) is 0 Å². The van der Waals surface area contributed by atoms with Gasteiger partial charge in [-0.2, -0.15) is 5.26 Å². The molecule has 1 amide bonds. The number of nitrogens with one attached hydrogen (secondary N) is 1. The summed E-state index contributed by atoms with van der Waals surface area (Å²) in [7, 11) is 0. The molecule has 4 nitrogen and oxygen atoms in total. The van der Waals surface area contributed by atoms with Crippen molar-refractivity contribution in [1.82, 2.24) is 5.32 Å². The molecular formula is C23H18N2O2S. The fourth-order valence-corrected chi connectivity index (χ4v) is 4.26. The van der Waals surface area contributed by atoms with Gasteiger partial charge in [-0.25, -0.2) is 0 Å². The first-order valence-electron chi connectivity index (χ1n) is 9.05. The van der Waals surface area contributed by atoms with E-state index in [4.69, 9.17) is 4.74 Å². The van der Waals surface area contributed by atoms with E-state index < -0.39 is 0 Å². The number of hydrogen-bond acceptors (Lipinski definition) is 4. The Bertz CT molecular complexity index is 1060. The maximum absolute atomic E-state index is 13.1. The van der Waals surface area contributed by atoms with E-state index in [-0.39, 0.29) is 11.9 Å². The number of benzene rings is 3. The summed E-state index contributed by atoms with van der Waals surface area (Å²) in [5, 5.41) is 12.5. The van der Waals surface area contributed by atoms with Crippen LogP contribution in [-0.2, 0) is 0 Å². The smallest absolute Gasteiger partial charge is 0.252 e. The Labute approximate surface area is 168 Å². The highest BCUT2D eigenvalue weighted by Gasteiger charge is 2.24. The van der Waals surface area contributed by atoms with Gasteiger partial charge in [-0.3, -0.25) is 4.79 Å². The fourth-order valence-electron chi connectivity index (χ4n) is 3.24. The molecule has 0 aliphatic carbocycles. The van der Waals surface area contributed by atoms with Crippen molar-refractivity contribution in [3.63, 3.8) is 0 Å². The summed E-state index contributed by atoms with van der Waals surface area (Å²) in [6.07, 6.45) is 0.731. The third-order valence-corrected chi connectivity index (χ3v) is 5.77. The minimum atomic E-state index is -0.126. The van der Waals surface area contributed by atoms with Gasteiger partial charge in [0.1, 0.15) is 11.8 Å². The highest BCUT2D eigenvalue weighted by atomic mass is 32.2. The second-order valence-corrected chi connectivity index (χ2v) is 7.49. The van der Waals surface area contributed by atoms with E-state index >= 15 is 0 Å². The first kappa shape index (κ1) is 18.1. The number of carbonyl (C=O) groups is 1. The largest absolute Gasteiger partial charge is 0.493 e. The number of hydrogen-bond donors (Lipinski definition) is 1. The van der Waals surface area contributed by atoms with Crippen LogP contribution in [0, 0.1) is 11.3 Å². The van der Waals surface area contributed by atoms with Crippen molar-refractivity contribution in [2.24, 2.45) is 0 Å². The van der Waals surface area contributed by atoms with E-state index in [1.807, 2.05) is 66.7 Å². The number of fused-ring (bicyclic) bond motifs is 1. The van der Waals surface area contributed by atoms with Crippen LogP contribution in [0.2, 0.25) is 0 Å². The number of carbonyl (C=O) groups excluding carboxylic acids is 1. The molecule has 1 heterocycles. The van der Waals surface area contributed by atoms with Gasteiger partial charge in [-0.15, -0.1) is 0 Å². The molecule has 138 valence electrons. The van der Waals surface area contributed by atoms with Crippen LogP contribution in [0.15, 0.2) is 82.6 Å².